The second-order valence-electron chi connectivity index (χ2n) is 8.95. The number of rotatable bonds is 4. The molecule has 0 nitrogen and oxygen atoms in total. The fourth-order valence-corrected chi connectivity index (χ4v) is 11.4. The molecule has 152 valence electrons. The first-order valence-electron chi connectivity index (χ1n) is 10.9. The van der Waals surface area contributed by atoms with E-state index in [1.807, 2.05) is 22.7 Å². The third kappa shape index (κ3) is 2.99. The van der Waals surface area contributed by atoms with E-state index in [9.17, 15) is 0 Å². The van der Waals surface area contributed by atoms with Crippen LogP contribution in [-0.4, -0.2) is 8.07 Å². The third-order valence-electron chi connectivity index (χ3n) is 6.80. The molecule has 2 aromatic carbocycles. The standard InChI is InChI=1S/C28H24S2Si/c1-31(2,27-21-11-5-3-9-19(21)17-23(27)25-13-7-15-29-25)28-22-12-6-4-10-20(22)18-24(28)26-14-8-16-30-26/h3-16H,17-18H2,1-2H3. The first-order valence-corrected chi connectivity index (χ1v) is 15.6. The van der Waals surface area contributed by atoms with Crippen molar-refractivity contribution in [2.45, 2.75) is 25.9 Å². The minimum Gasteiger partial charge on any atom is -0.144 e. The van der Waals surface area contributed by atoms with Gasteiger partial charge in [0.25, 0.3) is 0 Å². The van der Waals surface area contributed by atoms with Gasteiger partial charge in [-0.25, -0.2) is 0 Å². The molecular weight excluding hydrogens is 429 g/mol. The summed E-state index contributed by atoms with van der Waals surface area (Å²) >= 11 is 3.78. The second-order valence-corrected chi connectivity index (χ2v) is 15.1. The van der Waals surface area contributed by atoms with Gasteiger partial charge in [-0.15, -0.1) is 22.7 Å². The maximum Gasteiger partial charge on any atom is 0.114 e. The summed E-state index contributed by atoms with van der Waals surface area (Å²) in [4.78, 5) is 2.88. The van der Waals surface area contributed by atoms with Crippen LogP contribution in [0.25, 0.3) is 21.5 Å². The Labute approximate surface area is 193 Å². The predicted octanol–water partition coefficient (Wildman–Crippen LogP) is 8.23. The molecular formula is C28H24S2Si. The summed E-state index contributed by atoms with van der Waals surface area (Å²) in [6.45, 7) is 5.17. The van der Waals surface area contributed by atoms with Gasteiger partial charge in [0.15, 0.2) is 0 Å². The Morgan fingerprint density at radius 2 is 1.03 bits per heavy atom. The van der Waals surface area contributed by atoms with Crippen LogP contribution in [0.5, 0.6) is 0 Å². The maximum absolute atomic E-state index is 2.59. The number of hydrogen-bond acceptors (Lipinski definition) is 2. The maximum atomic E-state index is 2.59. The molecule has 0 aliphatic heterocycles. The van der Waals surface area contributed by atoms with Crippen molar-refractivity contribution in [2.75, 3.05) is 0 Å². The van der Waals surface area contributed by atoms with E-state index in [2.05, 4.69) is 96.7 Å². The summed E-state index contributed by atoms with van der Waals surface area (Å²) in [5.41, 5.74) is 9.09. The number of fused-ring (bicyclic) bond motifs is 2. The van der Waals surface area contributed by atoms with E-state index >= 15 is 0 Å². The van der Waals surface area contributed by atoms with Crippen molar-refractivity contribution in [3.05, 3.63) is 116 Å². The van der Waals surface area contributed by atoms with E-state index in [0.717, 1.165) is 12.8 Å². The normalized spacial score (nSPS) is 15.5. The van der Waals surface area contributed by atoms with E-state index < -0.39 is 8.07 Å². The lowest BCUT2D eigenvalue weighted by Gasteiger charge is -2.30. The summed E-state index contributed by atoms with van der Waals surface area (Å²) in [7, 11) is -2.01. The average molecular weight is 453 g/mol. The molecule has 0 atom stereocenters. The van der Waals surface area contributed by atoms with Crippen LogP contribution < -0.4 is 0 Å². The van der Waals surface area contributed by atoms with Crippen molar-refractivity contribution < 1.29 is 0 Å². The van der Waals surface area contributed by atoms with Crippen molar-refractivity contribution in [3.8, 4) is 0 Å². The quantitative estimate of drug-likeness (QED) is 0.274. The lowest BCUT2D eigenvalue weighted by Crippen LogP contribution is -2.31. The van der Waals surface area contributed by atoms with Gasteiger partial charge in [-0.2, -0.15) is 0 Å². The van der Waals surface area contributed by atoms with Crippen molar-refractivity contribution in [1.82, 2.24) is 0 Å². The molecule has 2 aliphatic rings. The summed E-state index contributed by atoms with van der Waals surface area (Å²) in [6, 6.07) is 27.3. The van der Waals surface area contributed by atoms with Crippen LogP contribution in [0.15, 0.2) is 83.6 Å². The van der Waals surface area contributed by atoms with Crippen LogP contribution in [-0.2, 0) is 12.8 Å². The summed E-state index contributed by atoms with van der Waals surface area (Å²) < 4.78 is 0. The Morgan fingerprint density at radius 1 is 0.581 bits per heavy atom. The largest absolute Gasteiger partial charge is 0.144 e. The minimum absolute atomic E-state index is 1.06. The van der Waals surface area contributed by atoms with Crippen LogP contribution in [0, 0.1) is 0 Å². The molecule has 2 aliphatic carbocycles. The Hall–Kier alpha value is -2.46. The van der Waals surface area contributed by atoms with Gasteiger partial charge in [-0.05, 0) is 79.5 Å². The molecule has 0 spiro atoms. The number of allylic oxidation sites excluding steroid dienone is 2. The SMILES string of the molecule is C[Si](C)(C1=C(c2cccs2)Cc2ccccc21)C1=C(c2cccs2)Cc2ccccc21. The smallest absolute Gasteiger partial charge is 0.114 e. The van der Waals surface area contributed by atoms with Gasteiger partial charge >= 0.3 is 0 Å². The van der Waals surface area contributed by atoms with Crippen LogP contribution in [0.3, 0.4) is 0 Å². The lowest BCUT2D eigenvalue weighted by molar-refractivity contribution is 1.33. The van der Waals surface area contributed by atoms with Gasteiger partial charge < -0.3 is 0 Å². The van der Waals surface area contributed by atoms with E-state index in [0.29, 0.717) is 0 Å². The highest BCUT2D eigenvalue weighted by Gasteiger charge is 2.42. The first-order chi connectivity index (χ1) is 15.1. The molecule has 0 saturated heterocycles. The molecule has 0 fully saturated rings. The molecule has 0 bridgehead atoms. The van der Waals surface area contributed by atoms with E-state index in [1.54, 1.807) is 21.5 Å². The highest BCUT2D eigenvalue weighted by atomic mass is 32.1. The molecule has 31 heavy (non-hydrogen) atoms. The van der Waals surface area contributed by atoms with Crippen LogP contribution in [0.2, 0.25) is 13.1 Å². The zero-order valence-corrected chi connectivity index (χ0v) is 20.4. The van der Waals surface area contributed by atoms with Crippen LogP contribution >= 0.6 is 22.7 Å². The molecule has 0 unspecified atom stereocenters. The van der Waals surface area contributed by atoms with Gasteiger partial charge in [0.05, 0.1) is 0 Å². The highest BCUT2D eigenvalue weighted by Crippen LogP contribution is 2.52. The Kier molecular flexibility index (Phi) is 4.53. The topological polar surface area (TPSA) is 0 Å². The molecule has 6 rings (SSSR count). The van der Waals surface area contributed by atoms with Crippen molar-refractivity contribution >= 4 is 52.3 Å². The monoisotopic (exact) mass is 452 g/mol. The van der Waals surface area contributed by atoms with Gasteiger partial charge in [-0.1, -0.05) is 73.8 Å². The van der Waals surface area contributed by atoms with E-state index in [4.69, 9.17) is 0 Å². The van der Waals surface area contributed by atoms with Gasteiger partial charge in [0.1, 0.15) is 8.07 Å². The Morgan fingerprint density at radius 3 is 1.45 bits per heavy atom. The predicted molar refractivity (Wildman–Crippen MR) is 140 cm³/mol. The van der Waals surface area contributed by atoms with Crippen molar-refractivity contribution in [2.24, 2.45) is 0 Å². The van der Waals surface area contributed by atoms with Crippen LogP contribution in [0.1, 0.15) is 32.0 Å². The van der Waals surface area contributed by atoms with Gasteiger partial charge in [0.2, 0.25) is 0 Å². The number of benzene rings is 2. The fraction of sp³-hybridized carbons (Fsp3) is 0.143. The first kappa shape index (κ1) is 19.2. The van der Waals surface area contributed by atoms with Crippen molar-refractivity contribution in [1.29, 1.82) is 0 Å². The average Bonchev–Trinajstić information content (AvgIpc) is 3.57. The second kappa shape index (κ2) is 7.30. The van der Waals surface area contributed by atoms with E-state index in [1.165, 1.54) is 32.0 Å². The van der Waals surface area contributed by atoms with Crippen LogP contribution in [0.4, 0.5) is 0 Å². The van der Waals surface area contributed by atoms with Gasteiger partial charge in [0, 0.05) is 9.75 Å². The lowest BCUT2D eigenvalue weighted by atomic mass is 10.1. The van der Waals surface area contributed by atoms with Crippen molar-refractivity contribution in [3.63, 3.8) is 0 Å². The molecule has 0 amide bonds. The summed E-state index contributed by atoms with van der Waals surface area (Å²) in [5, 5.41) is 7.73. The van der Waals surface area contributed by atoms with Gasteiger partial charge in [-0.3, -0.25) is 0 Å². The Bertz CT molecular complexity index is 1230. The fourth-order valence-electron chi connectivity index (χ4n) is 5.59. The molecule has 0 N–H and O–H groups in total. The highest BCUT2D eigenvalue weighted by molar-refractivity contribution is 7.15. The zero-order valence-electron chi connectivity index (χ0n) is 17.8. The van der Waals surface area contributed by atoms with E-state index in [-0.39, 0.29) is 0 Å². The number of thiophene rings is 2. The molecule has 2 aromatic heterocycles. The third-order valence-corrected chi connectivity index (χ3v) is 12.3. The zero-order chi connectivity index (χ0) is 21.0. The summed E-state index contributed by atoms with van der Waals surface area (Å²) in [6.07, 6.45) is 2.12. The number of hydrogen-bond donors (Lipinski definition) is 0. The molecule has 4 aromatic rings. The molecule has 0 radical (unpaired) electrons. The molecule has 0 saturated carbocycles. The molecule has 2 heterocycles. The minimum atomic E-state index is -2.01. The molecule has 3 heteroatoms. The Balaban J connectivity index is 1.64. The summed E-state index contributed by atoms with van der Waals surface area (Å²) in [5.74, 6) is 0.